The Balaban J connectivity index is 2.00. The van der Waals surface area contributed by atoms with Gasteiger partial charge in [0.15, 0.2) is 0 Å². The summed E-state index contributed by atoms with van der Waals surface area (Å²) in [6.07, 6.45) is 1.39. The number of carbonyl (C=O) groups excluding carboxylic acids is 1. The second kappa shape index (κ2) is 7.56. The number of hydrogen-bond acceptors (Lipinski definition) is 5. The van der Waals surface area contributed by atoms with Crippen LogP contribution in [0.3, 0.4) is 0 Å². The van der Waals surface area contributed by atoms with Gasteiger partial charge in [-0.2, -0.15) is 5.26 Å². The molecule has 2 aromatic rings. The third-order valence-electron chi connectivity index (χ3n) is 3.13. The Labute approximate surface area is 137 Å². The standard InChI is InChI=1S/C17H13N3O4/c18-10-14(17(19)21)9-12-3-7-16(8-4-12)24-11-13-1-5-15(6-2-13)20(22)23/h1-9H,11H2,(H2,19,21)/b14-9-. The molecule has 24 heavy (non-hydrogen) atoms. The number of ether oxygens (including phenoxy) is 1. The number of carbonyl (C=O) groups is 1. The fourth-order valence-electron chi connectivity index (χ4n) is 1.87. The molecule has 2 aromatic carbocycles. The molecule has 0 atom stereocenters. The van der Waals surface area contributed by atoms with Crippen LogP contribution in [0.1, 0.15) is 11.1 Å². The maximum atomic E-state index is 11.0. The third kappa shape index (κ3) is 4.42. The van der Waals surface area contributed by atoms with Crippen LogP contribution in [0.15, 0.2) is 54.1 Å². The lowest BCUT2D eigenvalue weighted by Gasteiger charge is -2.06. The minimum Gasteiger partial charge on any atom is -0.489 e. The molecule has 0 aliphatic heterocycles. The lowest BCUT2D eigenvalue weighted by Crippen LogP contribution is -2.12. The van der Waals surface area contributed by atoms with E-state index in [4.69, 9.17) is 15.7 Å². The van der Waals surface area contributed by atoms with E-state index in [1.807, 2.05) is 0 Å². The molecule has 0 aromatic heterocycles. The van der Waals surface area contributed by atoms with E-state index in [0.29, 0.717) is 11.3 Å². The van der Waals surface area contributed by atoms with Crippen molar-refractivity contribution >= 4 is 17.7 Å². The predicted octanol–water partition coefficient (Wildman–Crippen LogP) is 2.57. The highest BCUT2D eigenvalue weighted by Crippen LogP contribution is 2.17. The van der Waals surface area contributed by atoms with Crippen LogP contribution in [-0.4, -0.2) is 10.8 Å². The number of amides is 1. The van der Waals surface area contributed by atoms with Crippen molar-refractivity contribution < 1.29 is 14.5 Å². The molecule has 1 amide bonds. The van der Waals surface area contributed by atoms with E-state index < -0.39 is 10.8 Å². The molecule has 0 fully saturated rings. The maximum absolute atomic E-state index is 11.0. The monoisotopic (exact) mass is 323 g/mol. The van der Waals surface area contributed by atoms with Crippen LogP contribution in [-0.2, 0) is 11.4 Å². The SMILES string of the molecule is N#C/C(=C/c1ccc(OCc2ccc([N+](=O)[O-])cc2)cc1)C(N)=O. The lowest BCUT2D eigenvalue weighted by atomic mass is 10.1. The van der Waals surface area contributed by atoms with E-state index in [-0.39, 0.29) is 17.9 Å². The summed E-state index contributed by atoms with van der Waals surface area (Å²) in [5, 5.41) is 19.4. The highest BCUT2D eigenvalue weighted by Gasteiger charge is 2.05. The van der Waals surface area contributed by atoms with Crippen molar-refractivity contribution in [2.75, 3.05) is 0 Å². The quantitative estimate of drug-likeness (QED) is 0.379. The summed E-state index contributed by atoms with van der Waals surface area (Å²) in [6, 6.07) is 14.6. The number of nitrogens with two attached hydrogens (primary N) is 1. The fourth-order valence-corrected chi connectivity index (χ4v) is 1.87. The van der Waals surface area contributed by atoms with Gasteiger partial charge in [0, 0.05) is 12.1 Å². The zero-order chi connectivity index (χ0) is 17.5. The van der Waals surface area contributed by atoms with Gasteiger partial charge in [-0.1, -0.05) is 12.1 Å². The maximum Gasteiger partial charge on any atom is 0.269 e. The van der Waals surface area contributed by atoms with Crippen LogP contribution < -0.4 is 10.5 Å². The van der Waals surface area contributed by atoms with Crippen LogP contribution in [0.5, 0.6) is 5.75 Å². The van der Waals surface area contributed by atoms with Crippen molar-refractivity contribution in [2.45, 2.75) is 6.61 Å². The summed E-state index contributed by atoms with van der Waals surface area (Å²) in [5.74, 6) is -0.195. The summed E-state index contributed by atoms with van der Waals surface area (Å²) in [7, 11) is 0. The Morgan fingerprint density at radius 1 is 1.21 bits per heavy atom. The minimum absolute atomic E-state index is 0.0256. The van der Waals surface area contributed by atoms with Gasteiger partial charge >= 0.3 is 0 Å². The molecule has 0 heterocycles. The average Bonchev–Trinajstić information content (AvgIpc) is 2.59. The van der Waals surface area contributed by atoms with Crippen LogP contribution in [0.25, 0.3) is 6.08 Å². The molecule has 2 rings (SSSR count). The summed E-state index contributed by atoms with van der Waals surface area (Å²) in [5.41, 5.74) is 6.41. The van der Waals surface area contributed by atoms with E-state index >= 15 is 0 Å². The predicted molar refractivity (Wildman–Crippen MR) is 86.7 cm³/mol. The molecule has 7 nitrogen and oxygen atoms in total. The second-order valence-electron chi connectivity index (χ2n) is 4.82. The first-order valence-electron chi connectivity index (χ1n) is 6.87. The Morgan fingerprint density at radius 3 is 2.33 bits per heavy atom. The van der Waals surface area contributed by atoms with Gasteiger partial charge in [-0.15, -0.1) is 0 Å². The molecular weight excluding hydrogens is 310 g/mol. The Kier molecular flexibility index (Phi) is 5.26. The summed E-state index contributed by atoms with van der Waals surface area (Å²) < 4.78 is 5.58. The number of rotatable bonds is 6. The van der Waals surface area contributed by atoms with Crippen molar-refractivity contribution in [1.29, 1.82) is 5.26 Å². The molecule has 0 aliphatic carbocycles. The van der Waals surface area contributed by atoms with Gasteiger partial charge in [-0.05, 0) is 41.5 Å². The zero-order valence-electron chi connectivity index (χ0n) is 12.5. The van der Waals surface area contributed by atoms with E-state index in [9.17, 15) is 14.9 Å². The fraction of sp³-hybridized carbons (Fsp3) is 0.0588. The number of nitriles is 1. The number of nitro groups is 1. The molecule has 120 valence electrons. The molecule has 0 saturated heterocycles. The third-order valence-corrected chi connectivity index (χ3v) is 3.13. The normalized spacial score (nSPS) is 10.7. The number of benzene rings is 2. The van der Waals surface area contributed by atoms with Gasteiger partial charge in [-0.25, -0.2) is 0 Å². The molecule has 0 bridgehead atoms. The van der Waals surface area contributed by atoms with Crippen LogP contribution in [0.2, 0.25) is 0 Å². The first-order valence-corrected chi connectivity index (χ1v) is 6.87. The number of nitrogens with zero attached hydrogens (tertiary/aromatic N) is 2. The largest absolute Gasteiger partial charge is 0.489 e. The summed E-state index contributed by atoms with van der Waals surface area (Å²) in [4.78, 5) is 21.1. The molecule has 7 heteroatoms. The molecule has 0 aliphatic rings. The van der Waals surface area contributed by atoms with Gasteiger partial charge in [-0.3, -0.25) is 14.9 Å². The van der Waals surface area contributed by atoms with Gasteiger partial charge in [0.25, 0.3) is 11.6 Å². The lowest BCUT2D eigenvalue weighted by molar-refractivity contribution is -0.384. The first kappa shape index (κ1) is 16.7. The second-order valence-corrected chi connectivity index (χ2v) is 4.82. The number of primary amides is 1. The zero-order valence-corrected chi connectivity index (χ0v) is 12.5. The Bertz CT molecular complexity index is 818. The van der Waals surface area contributed by atoms with E-state index in [1.165, 1.54) is 18.2 Å². The van der Waals surface area contributed by atoms with E-state index in [0.717, 1.165) is 5.56 Å². The first-order chi connectivity index (χ1) is 11.5. The molecule has 0 saturated carbocycles. The van der Waals surface area contributed by atoms with Gasteiger partial charge in [0.1, 0.15) is 24.0 Å². The van der Waals surface area contributed by atoms with Crippen LogP contribution in [0, 0.1) is 21.4 Å². The summed E-state index contributed by atoms with van der Waals surface area (Å²) >= 11 is 0. The van der Waals surface area contributed by atoms with Gasteiger partial charge in [0.05, 0.1) is 4.92 Å². The van der Waals surface area contributed by atoms with Crippen molar-refractivity contribution in [2.24, 2.45) is 5.73 Å². The van der Waals surface area contributed by atoms with Crippen molar-refractivity contribution in [3.8, 4) is 11.8 Å². The highest BCUT2D eigenvalue weighted by atomic mass is 16.6. The number of non-ortho nitro benzene ring substituents is 1. The average molecular weight is 323 g/mol. The molecule has 0 unspecified atom stereocenters. The topological polar surface area (TPSA) is 119 Å². The highest BCUT2D eigenvalue weighted by molar-refractivity contribution is 6.00. The van der Waals surface area contributed by atoms with Crippen molar-refractivity contribution in [3.63, 3.8) is 0 Å². The van der Waals surface area contributed by atoms with Crippen molar-refractivity contribution in [3.05, 3.63) is 75.3 Å². The Morgan fingerprint density at radius 2 is 1.83 bits per heavy atom. The van der Waals surface area contributed by atoms with Crippen LogP contribution in [0.4, 0.5) is 5.69 Å². The minimum atomic E-state index is -0.781. The molecular formula is C17H13N3O4. The van der Waals surface area contributed by atoms with E-state index in [1.54, 1.807) is 42.5 Å². The number of hydrogen-bond donors (Lipinski definition) is 1. The van der Waals surface area contributed by atoms with Crippen LogP contribution >= 0.6 is 0 Å². The summed E-state index contributed by atoms with van der Waals surface area (Å²) in [6.45, 7) is 0.262. The smallest absolute Gasteiger partial charge is 0.269 e. The number of nitro benzene ring substituents is 1. The molecule has 0 spiro atoms. The molecule has 0 radical (unpaired) electrons. The van der Waals surface area contributed by atoms with E-state index in [2.05, 4.69) is 0 Å². The molecule has 2 N–H and O–H groups in total. The van der Waals surface area contributed by atoms with Gasteiger partial charge in [0.2, 0.25) is 0 Å². The van der Waals surface area contributed by atoms with Gasteiger partial charge < -0.3 is 10.5 Å². The Hall–Kier alpha value is -3.66. The van der Waals surface area contributed by atoms with Crippen molar-refractivity contribution in [1.82, 2.24) is 0 Å².